The Labute approximate surface area is 306 Å². The maximum absolute atomic E-state index is 5.07. The van der Waals surface area contributed by atoms with Crippen molar-refractivity contribution in [1.82, 2.24) is 15.0 Å². The van der Waals surface area contributed by atoms with Crippen LogP contribution in [0.5, 0.6) is 0 Å². The summed E-state index contributed by atoms with van der Waals surface area (Å²) in [6.45, 7) is 14.2. The Balaban J connectivity index is 1.18. The van der Waals surface area contributed by atoms with E-state index >= 15 is 0 Å². The first kappa shape index (κ1) is 32.1. The number of para-hydroxylation sites is 2. The summed E-state index contributed by atoms with van der Waals surface area (Å²) in [4.78, 5) is 16.3. The van der Waals surface area contributed by atoms with Crippen LogP contribution >= 0.6 is 0 Å². The quantitative estimate of drug-likeness (QED) is 0.186. The number of pyridine rings is 3. The van der Waals surface area contributed by atoms with Gasteiger partial charge in [-0.25, -0.2) is 4.98 Å². The molecule has 3 aromatic heterocycles. The first-order chi connectivity index (χ1) is 25.0. The lowest BCUT2D eigenvalue weighted by Crippen LogP contribution is -2.37. The normalized spacial score (nSPS) is 15.9. The standard InChI is InChI=1S/C48H42N4/c1-46(2)37-22-20-35(52-44-17-9-7-15-38(44)48(5,6)39-16-8-10-18-45(39)52)28-41(37)47(3,4)36-21-19-31(25-40(36)46)34-26-42(32-13-11-23-49-29-32)51-43(27-34)33-14-12-24-50-30-33/h7-30H,1-6H3. The molecule has 4 heterocycles. The van der Waals surface area contributed by atoms with Gasteiger partial charge < -0.3 is 4.90 Å². The largest absolute Gasteiger partial charge is 0.310 e. The van der Waals surface area contributed by atoms with Crippen LogP contribution in [0.2, 0.25) is 0 Å². The van der Waals surface area contributed by atoms with Gasteiger partial charge in [-0.05, 0) is 111 Å². The zero-order valence-corrected chi connectivity index (χ0v) is 30.6. The van der Waals surface area contributed by atoms with Crippen LogP contribution in [0, 0.1) is 0 Å². The zero-order valence-electron chi connectivity index (χ0n) is 30.6. The third-order valence-corrected chi connectivity index (χ3v) is 11.7. The smallest absolute Gasteiger partial charge is 0.0731 e. The lowest BCUT2D eigenvalue weighted by Gasteiger charge is -2.46. The molecular formula is C48H42N4. The lowest BCUT2D eigenvalue weighted by molar-refractivity contribution is 0.521. The Morgan fingerprint density at radius 2 is 0.904 bits per heavy atom. The summed E-state index contributed by atoms with van der Waals surface area (Å²) in [5, 5.41) is 0. The molecule has 7 aromatic rings. The van der Waals surface area contributed by atoms with Gasteiger partial charge in [-0.3, -0.25) is 9.97 Å². The van der Waals surface area contributed by atoms with Crippen LogP contribution in [-0.4, -0.2) is 15.0 Å². The molecule has 0 fully saturated rings. The van der Waals surface area contributed by atoms with Crippen molar-refractivity contribution in [2.75, 3.05) is 4.90 Å². The fourth-order valence-electron chi connectivity index (χ4n) is 8.78. The summed E-state index contributed by atoms with van der Waals surface area (Å²) in [6, 6.07) is 44.5. The van der Waals surface area contributed by atoms with Crippen molar-refractivity contribution in [3.05, 3.63) is 179 Å². The molecule has 0 bridgehead atoms. The molecule has 1 aliphatic carbocycles. The number of nitrogens with zero attached hydrogens (tertiary/aromatic N) is 4. The first-order valence-electron chi connectivity index (χ1n) is 18.2. The molecule has 0 amide bonds. The monoisotopic (exact) mass is 674 g/mol. The number of rotatable bonds is 4. The highest BCUT2D eigenvalue weighted by molar-refractivity contribution is 5.87. The van der Waals surface area contributed by atoms with Crippen molar-refractivity contribution >= 4 is 17.1 Å². The van der Waals surface area contributed by atoms with E-state index in [4.69, 9.17) is 4.98 Å². The number of hydrogen-bond donors (Lipinski definition) is 0. The SMILES string of the molecule is CC1(C)c2ccccc2N(c2ccc3c(c2)C(C)(C)c2ccc(-c4cc(-c5cccnc5)nc(-c5cccnc5)c4)cc2C3(C)C)c2ccccc21. The molecule has 0 atom stereocenters. The summed E-state index contributed by atoms with van der Waals surface area (Å²) < 4.78 is 0. The second-order valence-corrected chi connectivity index (χ2v) is 15.8. The molecule has 4 aromatic carbocycles. The molecule has 0 unspecified atom stereocenters. The van der Waals surface area contributed by atoms with E-state index in [1.165, 1.54) is 56.0 Å². The molecule has 0 saturated carbocycles. The third kappa shape index (κ3) is 4.85. The van der Waals surface area contributed by atoms with Crippen LogP contribution in [0.1, 0.15) is 74.9 Å². The van der Waals surface area contributed by atoms with Gasteiger partial charge in [-0.15, -0.1) is 0 Å². The van der Waals surface area contributed by atoms with Crippen molar-refractivity contribution in [2.45, 2.75) is 57.8 Å². The Morgan fingerprint density at radius 3 is 1.44 bits per heavy atom. The minimum Gasteiger partial charge on any atom is -0.310 e. The van der Waals surface area contributed by atoms with Gasteiger partial charge in [0, 0.05) is 57.8 Å². The number of benzene rings is 4. The highest BCUT2D eigenvalue weighted by Crippen LogP contribution is 2.55. The summed E-state index contributed by atoms with van der Waals surface area (Å²) in [7, 11) is 0. The van der Waals surface area contributed by atoms with E-state index in [-0.39, 0.29) is 16.2 Å². The molecule has 4 heteroatoms. The van der Waals surface area contributed by atoms with E-state index in [2.05, 4.69) is 166 Å². The summed E-state index contributed by atoms with van der Waals surface area (Å²) >= 11 is 0. The number of aromatic nitrogens is 3. The fraction of sp³-hybridized carbons (Fsp3) is 0.188. The minimum absolute atomic E-state index is 0.0951. The highest BCUT2D eigenvalue weighted by Gasteiger charge is 2.43. The van der Waals surface area contributed by atoms with Gasteiger partial charge in [0.05, 0.1) is 22.8 Å². The topological polar surface area (TPSA) is 41.9 Å². The van der Waals surface area contributed by atoms with E-state index in [1.807, 2.05) is 24.5 Å². The predicted molar refractivity (Wildman–Crippen MR) is 214 cm³/mol. The predicted octanol–water partition coefficient (Wildman–Crippen LogP) is 11.9. The van der Waals surface area contributed by atoms with Gasteiger partial charge in [0.1, 0.15) is 0 Å². The van der Waals surface area contributed by atoms with E-state index in [0.29, 0.717) is 0 Å². The van der Waals surface area contributed by atoms with Gasteiger partial charge in [-0.2, -0.15) is 0 Å². The van der Waals surface area contributed by atoms with Crippen LogP contribution in [0.25, 0.3) is 33.6 Å². The van der Waals surface area contributed by atoms with Crippen molar-refractivity contribution in [2.24, 2.45) is 0 Å². The van der Waals surface area contributed by atoms with Gasteiger partial charge in [0.2, 0.25) is 0 Å². The fourth-order valence-corrected chi connectivity index (χ4v) is 8.78. The van der Waals surface area contributed by atoms with E-state index < -0.39 is 0 Å². The van der Waals surface area contributed by atoms with Crippen LogP contribution in [0.3, 0.4) is 0 Å². The molecular weight excluding hydrogens is 633 g/mol. The van der Waals surface area contributed by atoms with Crippen molar-refractivity contribution in [3.8, 4) is 33.6 Å². The van der Waals surface area contributed by atoms with E-state index in [9.17, 15) is 0 Å². The molecule has 0 saturated heterocycles. The summed E-state index contributed by atoms with van der Waals surface area (Å²) in [6.07, 6.45) is 7.36. The highest BCUT2D eigenvalue weighted by atomic mass is 15.2. The average molecular weight is 675 g/mol. The molecule has 1 aliphatic heterocycles. The summed E-state index contributed by atoms with van der Waals surface area (Å²) in [5.41, 5.74) is 17.4. The Kier molecular flexibility index (Phi) is 7.14. The molecule has 9 rings (SSSR count). The van der Waals surface area contributed by atoms with Gasteiger partial charge in [0.25, 0.3) is 0 Å². The Bertz CT molecular complexity index is 2390. The Hall–Kier alpha value is -5.87. The van der Waals surface area contributed by atoms with E-state index in [0.717, 1.165) is 28.1 Å². The van der Waals surface area contributed by atoms with Gasteiger partial charge in [0.15, 0.2) is 0 Å². The second kappa shape index (κ2) is 11.6. The van der Waals surface area contributed by atoms with Crippen molar-refractivity contribution < 1.29 is 0 Å². The second-order valence-electron chi connectivity index (χ2n) is 15.8. The van der Waals surface area contributed by atoms with Crippen molar-refractivity contribution in [3.63, 3.8) is 0 Å². The maximum Gasteiger partial charge on any atom is 0.0731 e. The zero-order chi connectivity index (χ0) is 35.8. The van der Waals surface area contributed by atoms with Crippen molar-refractivity contribution in [1.29, 1.82) is 0 Å². The first-order valence-corrected chi connectivity index (χ1v) is 18.2. The maximum atomic E-state index is 5.07. The van der Waals surface area contributed by atoms with E-state index in [1.54, 1.807) is 12.4 Å². The van der Waals surface area contributed by atoms with Gasteiger partial charge >= 0.3 is 0 Å². The van der Waals surface area contributed by atoms with Crippen LogP contribution in [-0.2, 0) is 16.2 Å². The van der Waals surface area contributed by atoms with Gasteiger partial charge in [-0.1, -0.05) is 96.1 Å². The van der Waals surface area contributed by atoms with Crippen LogP contribution in [0.15, 0.2) is 146 Å². The van der Waals surface area contributed by atoms with Crippen LogP contribution < -0.4 is 4.90 Å². The molecule has 4 nitrogen and oxygen atoms in total. The Morgan fingerprint density at radius 1 is 0.404 bits per heavy atom. The molecule has 0 N–H and O–H groups in total. The van der Waals surface area contributed by atoms with Crippen LogP contribution in [0.4, 0.5) is 17.1 Å². The molecule has 254 valence electrons. The molecule has 2 aliphatic rings. The third-order valence-electron chi connectivity index (χ3n) is 11.7. The lowest BCUT2D eigenvalue weighted by atomic mass is 9.59. The molecule has 0 radical (unpaired) electrons. The number of anilines is 3. The minimum atomic E-state index is -0.222. The molecule has 52 heavy (non-hydrogen) atoms. The number of hydrogen-bond acceptors (Lipinski definition) is 4. The number of fused-ring (bicyclic) bond motifs is 4. The molecule has 0 spiro atoms. The average Bonchev–Trinajstić information content (AvgIpc) is 3.18. The summed E-state index contributed by atoms with van der Waals surface area (Å²) in [5.74, 6) is 0.